The standard InChI is InChI=1S/C52H99NO4/c1-3-5-7-9-11-13-15-17-19-21-23-24-25-26-28-29-31-33-35-37-39-41-43-45-49(55)47-52(57)53-50(48-54)51(56)46-44-42-40-38-36-34-32-30-27-22-20-18-16-14-12-10-8-6-4-2/h23-24,26,28,44,46,49-51,54-56H,3-22,25,27,29-43,45,47-48H2,1-2H3,(H,53,57)/b24-23-,28-26-,46-44+. The maximum atomic E-state index is 12.5. The summed E-state index contributed by atoms with van der Waals surface area (Å²) < 4.78 is 0. The van der Waals surface area contributed by atoms with Crippen molar-refractivity contribution in [3.05, 3.63) is 36.5 Å². The van der Waals surface area contributed by atoms with E-state index in [1.54, 1.807) is 6.08 Å². The number of aliphatic hydroxyl groups is 3. The number of amides is 1. The molecule has 5 nitrogen and oxygen atoms in total. The summed E-state index contributed by atoms with van der Waals surface area (Å²) in [5, 5.41) is 33.4. The molecule has 0 aromatic rings. The zero-order valence-electron chi connectivity index (χ0n) is 38.2. The topological polar surface area (TPSA) is 89.8 Å². The van der Waals surface area contributed by atoms with Gasteiger partial charge in [0.05, 0.1) is 31.3 Å². The Kier molecular flexibility index (Phi) is 46.1. The molecule has 5 heteroatoms. The summed E-state index contributed by atoms with van der Waals surface area (Å²) in [6.45, 7) is 4.23. The van der Waals surface area contributed by atoms with E-state index in [2.05, 4.69) is 43.5 Å². The van der Waals surface area contributed by atoms with Crippen LogP contribution in [0.3, 0.4) is 0 Å². The summed E-state index contributed by atoms with van der Waals surface area (Å²) in [5.41, 5.74) is 0. The van der Waals surface area contributed by atoms with Gasteiger partial charge in [0, 0.05) is 0 Å². The van der Waals surface area contributed by atoms with E-state index in [9.17, 15) is 20.1 Å². The minimum Gasteiger partial charge on any atom is -0.394 e. The van der Waals surface area contributed by atoms with Gasteiger partial charge in [0.15, 0.2) is 0 Å². The van der Waals surface area contributed by atoms with Crippen LogP contribution in [0.1, 0.15) is 264 Å². The van der Waals surface area contributed by atoms with Crippen LogP contribution < -0.4 is 5.32 Å². The molecule has 3 unspecified atom stereocenters. The van der Waals surface area contributed by atoms with Gasteiger partial charge >= 0.3 is 0 Å². The zero-order chi connectivity index (χ0) is 41.5. The zero-order valence-corrected chi connectivity index (χ0v) is 38.2. The molecule has 0 spiro atoms. The van der Waals surface area contributed by atoms with Crippen LogP contribution in [0, 0.1) is 0 Å². The molecule has 336 valence electrons. The van der Waals surface area contributed by atoms with E-state index in [1.807, 2.05) is 6.08 Å². The molecule has 4 N–H and O–H groups in total. The summed E-state index contributed by atoms with van der Waals surface area (Å²) >= 11 is 0. The van der Waals surface area contributed by atoms with Crippen LogP contribution in [-0.2, 0) is 4.79 Å². The molecule has 0 aliphatic rings. The summed E-state index contributed by atoms with van der Waals surface area (Å²) in [5.74, 6) is -0.318. The van der Waals surface area contributed by atoms with Gasteiger partial charge in [-0.2, -0.15) is 0 Å². The third-order valence-corrected chi connectivity index (χ3v) is 11.7. The fraction of sp³-hybridized carbons (Fsp3) is 0.865. The Bertz CT molecular complexity index is 885. The molecule has 0 radical (unpaired) electrons. The van der Waals surface area contributed by atoms with Crippen LogP contribution in [0.4, 0.5) is 0 Å². The van der Waals surface area contributed by atoms with Crippen molar-refractivity contribution in [2.75, 3.05) is 6.61 Å². The number of unbranched alkanes of at least 4 members (excludes halogenated alkanes) is 33. The minimum absolute atomic E-state index is 0.00874. The van der Waals surface area contributed by atoms with Gasteiger partial charge in [0.2, 0.25) is 5.91 Å². The van der Waals surface area contributed by atoms with Gasteiger partial charge in [-0.25, -0.2) is 0 Å². The number of nitrogens with one attached hydrogen (secondary N) is 1. The minimum atomic E-state index is -0.931. The second kappa shape index (κ2) is 47.3. The second-order valence-corrected chi connectivity index (χ2v) is 17.4. The molecule has 0 aliphatic heterocycles. The summed E-state index contributed by atoms with van der Waals surface area (Å²) in [6.07, 6.45) is 60.2. The fourth-order valence-electron chi connectivity index (χ4n) is 7.78. The van der Waals surface area contributed by atoms with E-state index in [4.69, 9.17) is 0 Å². The summed E-state index contributed by atoms with van der Waals surface area (Å²) in [7, 11) is 0. The number of aliphatic hydroxyl groups excluding tert-OH is 3. The Labute approximate surface area is 355 Å². The molecule has 3 atom stereocenters. The maximum absolute atomic E-state index is 12.5. The number of carbonyl (C=O) groups is 1. The number of hydrogen-bond donors (Lipinski definition) is 4. The van der Waals surface area contributed by atoms with Crippen molar-refractivity contribution >= 4 is 5.91 Å². The van der Waals surface area contributed by atoms with Crippen LogP contribution in [0.15, 0.2) is 36.5 Å². The lowest BCUT2D eigenvalue weighted by atomic mass is 10.0. The highest BCUT2D eigenvalue weighted by Gasteiger charge is 2.20. The van der Waals surface area contributed by atoms with Crippen molar-refractivity contribution in [2.24, 2.45) is 0 Å². The van der Waals surface area contributed by atoms with Crippen LogP contribution in [0.5, 0.6) is 0 Å². The molecule has 0 saturated heterocycles. The summed E-state index contributed by atoms with van der Waals surface area (Å²) in [4.78, 5) is 12.5. The molecule has 0 rings (SSSR count). The van der Waals surface area contributed by atoms with Crippen molar-refractivity contribution < 1.29 is 20.1 Å². The van der Waals surface area contributed by atoms with Gasteiger partial charge in [0.25, 0.3) is 0 Å². The average Bonchev–Trinajstić information content (AvgIpc) is 3.20. The highest BCUT2D eigenvalue weighted by Crippen LogP contribution is 2.16. The van der Waals surface area contributed by atoms with Crippen molar-refractivity contribution in [3.8, 4) is 0 Å². The van der Waals surface area contributed by atoms with Gasteiger partial charge in [-0.05, 0) is 51.4 Å². The van der Waals surface area contributed by atoms with Gasteiger partial charge in [-0.1, -0.05) is 243 Å². The lowest BCUT2D eigenvalue weighted by Crippen LogP contribution is -2.45. The average molecular weight is 802 g/mol. The maximum Gasteiger partial charge on any atom is 0.222 e. The van der Waals surface area contributed by atoms with Crippen LogP contribution in [0.2, 0.25) is 0 Å². The van der Waals surface area contributed by atoms with Gasteiger partial charge in [-0.15, -0.1) is 0 Å². The summed E-state index contributed by atoms with van der Waals surface area (Å²) in [6, 6.07) is -0.747. The second-order valence-electron chi connectivity index (χ2n) is 17.4. The molecule has 0 saturated carbocycles. The lowest BCUT2D eigenvalue weighted by Gasteiger charge is -2.21. The Balaban J connectivity index is 3.64. The predicted octanol–water partition coefficient (Wildman–Crippen LogP) is 15.1. The first-order chi connectivity index (χ1) is 28.0. The lowest BCUT2D eigenvalue weighted by molar-refractivity contribution is -0.124. The fourth-order valence-corrected chi connectivity index (χ4v) is 7.78. The van der Waals surface area contributed by atoms with Gasteiger partial charge in [0.1, 0.15) is 0 Å². The largest absolute Gasteiger partial charge is 0.394 e. The monoisotopic (exact) mass is 802 g/mol. The molecule has 0 aromatic carbocycles. The van der Waals surface area contributed by atoms with E-state index in [0.29, 0.717) is 6.42 Å². The highest BCUT2D eigenvalue weighted by molar-refractivity contribution is 5.76. The quantitative estimate of drug-likeness (QED) is 0.0365. The van der Waals surface area contributed by atoms with Crippen molar-refractivity contribution in [2.45, 2.75) is 283 Å². The molecule has 57 heavy (non-hydrogen) atoms. The molecule has 1 amide bonds. The SMILES string of the molecule is CCCCCCCCCCC/C=C\C/C=C\CCCCCCCCCC(O)CC(=O)NC(CO)C(O)/C=C/CCCCCCCCCCCCCCCCCCC. The third kappa shape index (κ3) is 44.0. The Hall–Kier alpha value is -1.43. The molecular formula is C52H99NO4. The van der Waals surface area contributed by atoms with E-state index in [-0.39, 0.29) is 18.9 Å². The molecule has 0 aliphatic carbocycles. The molecule has 0 aromatic heterocycles. The van der Waals surface area contributed by atoms with Gasteiger partial charge in [-0.3, -0.25) is 4.79 Å². The first kappa shape index (κ1) is 55.6. The van der Waals surface area contributed by atoms with Crippen LogP contribution in [-0.4, -0.2) is 46.1 Å². The first-order valence-corrected chi connectivity index (χ1v) is 25.3. The highest BCUT2D eigenvalue weighted by atomic mass is 16.3. The molecule has 0 heterocycles. The predicted molar refractivity (Wildman–Crippen MR) is 250 cm³/mol. The van der Waals surface area contributed by atoms with Crippen molar-refractivity contribution in [1.82, 2.24) is 5.32 Å². The molecular weight excluding hydrogens is 703 g/mol. The Morgan fingerprint density at radius 3 is 1.16 bits per heavy atom. The van der Waals surface area contributed by atoms with Crippen molar-refractivity contribution in [1.29, 1.82) is 0 Å². The third-order valence-electron chi connectivity index (χ3n) is 11.7. The number of carbonyl (C=O) groups excluding carboxylic acids is 1. The van der Waals surface area contributed by atoms with E-state index >= 15 is 0 Å². The van der Waals surface area contributed by atoms with Gasteiger partial charge < -0.3 is 20.6 Å². The van der Waals surface area contributed by atoms with E-state index < -0.39 is 18.2 Å². The normalized spacial score (nSPS) is 13.7. The number of hydrogen-bond acceptors (Lipinski definition) is 4. The molecule has 0 fully saturated rings. The number of allylic oxidation sites excluding steroid dienone is 5. The van der Waals surface area contributed by atoms with Crippen molar-refractivity contribution in [3.63, 3.8) is 0 Å². The first-order valence-electron chi connectivity index (χ1n) is 25.3. The van der Waals surface area contributed by atoms with Crippen LogP contribution in [0.25, 0.3) is 0 Å². The van der Waals surface area contributed by atoms with E-state index in [0.717, 1.165) is 32.1 Å². The Morgan fingerprint density at radius 1 is 0.456 bits per heavy atom. The van der Waals surface area contributed by atoms with Crippen LogP contribution >= 0.6 is 0 Å². The smallest absolute Gasteiger partial charge is 0.222 e. The molecule has 0 bridgehead atoms. The van der Waals surface area contributed by atoms with E-state index in [1.165, 1.54) is 205 Å². The Morgan fingerprint density at radius 2 is 0.789 bits per heavy atom. The number of rotatable bonds is 46.